The van der Waals surface area contributed by atoms with Crippen molar-refractivity contribution in [2.45, 2.75) is 25.4 Å². The molecule has 2 aromatic carbocycles. The van der Waals surface area contributed by atoms with E-state index in [0.717, 1.165) is 24.1 Å². The normalized spacial score (nSPS) is 16.9. The maximum atomic E-state index is 13.1. The first kappa shape index (κ1) is 19.6. The van der Waals surface area contributed by atoms with Crippen LogP contribution in [0.5, 0.6) is 0 Å². The molecule has 1 amide bonds. The van der Waals surface area contributed by atoms with E-state index in [0.29, 0.717) is 17.8 Å². The van der Waals surface area contributed by atoms with Crippen LogP contribution in [0.2, 0.25) is 0 Å². The number of amides is 1. The number of nitrogens with zero attached hydrogens (tertiary/aromatic N) is 4. The molecule has 0 saturated heterocycles. The van der Waals surface area contributed by atoms with Gasteiger partial charge in [0.1, 0.15) is 0 Å². The molecular weight excluding hydrogens is 414 g/mol. The third-order valence-electron chi connectivity index (χ3n) is 5.53. The molecule has 8 nitrogen and oxygen atoms in total. The van der Waals surface area contributed by atoms with Gasteiger partial charge in [0.15, 0.2) is 0 Å². The molecule has 1 aliphatic heterocycles. The van der Waals surface area contributed by atoms with E-state index in [1.165, 1.54) is 8.61 Å². The van der Waals surface area contributed by atoms with Crippen LogP contribution in [0.25, 0.3) is 0 Å². The Morgan fingerprint density at radius 2 is 1.81 bits per heavy atom. The predicted molar refractivity (Wildman–Crippen MR) is 118 cm³/mol. The Labute approximate surface area is 181 Å². The van der Waals surface area contributed by atoms with Crippen molar-refractivity contribution < 1.29 is 13.2 Å². The Kier molecular flexibility index (Phi) is 4.90. The molecule has 160 valence electrons. The summed E-state index contributed by atoms with van der Waals surface area (Å²) in [5.41, 5.74) is 3.01. The van der Waals surface area contributed by atoms with E-state index in [4.69, 9.17) is 0 Å². The van der Waals surface area contributed by atoms with Crippen LogP contribution >= 0.6 is 0 Å². The first-order valence-electron chi connectivity index (χ1n) is 10.3. The second-order valence-corrected chi connectivity index (χ2v) is 9.51. The van der Waals surface area contributed by atoms with Gasteiger partial charge >= 0.3 is 10.2 Å². The van der Waals surface area contributed by atoms with Crippen LogP contribution in [0.1, 0.15) is 28.8 Å². The highest BCUT2D eigenvalue weighted by atomic mass is 32.2. The summed E-state index contributed by atoms with van der Waals surface area (Å²) in [5.74, 6) is -0.224. The average molecular weight is 438 g/mol. The van der Waals surface area contributed by atoms with Gasteiger partial charge < -0.3 is 9.88 Å². The fourth-order valence-electron chi connectivity index (χ4n) is 3.87. The van der Waals surface area contributed by atoms with E-state index < -0.39 is 10.2 Å². The highest BCUT2D eigenvalue weighted by Gasteiger charge is 2.47. The summed E-state index contributed by atoms with van der Waals surface area (Å²) in [5, 5.41) is 2.84. The lowest BCUT2D eigenvalue weighted by molar-refractivity contribution is 0.0955. The number of hydrogen-bond acceptors (Lipinski definition) is 4. The minimum atomic E-state index is -3.61. The molecule has 1 saturated carbocycles. The van der Waals surface area contributed by atoms with E-state index in [1.54, 1.807) is 24.7 Å². The molecule has 3 aromatic rings. The lowest BCUT2D eigenvalue weighted by Crippen LogP contribution is -2.42. The monoisotopic (exact) mass is 437 g/mol. The van der Waals surface area contributed by atoms with Crippen LogP contribution in [0.4, 0.5) is 11.4 Å². The molecule has 9 heteroatoms. The van der Waals surface area contributed by atoms with Crippen molar-refractivity contribution >= 4 is 27.5 Å². The SMILES string of the molecule is O=C(NCCN1c2ccccc2N(C2CC2)S1(=O)=O)c1ccc(Cn2ccnc2)cc1. The van der Waals surface area contributed by atoms with Gasteiger partial charge in [-0.25, -0.2) is 13.6 Å². The van der Waals surface area contributed by atoms with Gasteiger partial charge in [-0.05, 0) is 42.7 Å². The molecule has 5 rings (SSSR count). The van der Waals surface area contributed by atoms with Gasteiger partial charge in [0.2, 0.25) is 0 Å². The van der Waals surface area contributed by atoms with Crippen molar-refractivity contribution in [1.82, 2.24) is 14.9 Å². The van der Waals surface area contributed by atoms with Gasteiger partial charge in [0.25, 0.3) is 5.91 Å². The number of imidazole rings is 1. The van der Waals surface area contributed by atoms with Gasteiger partial charge in [-0.15, -0.1) is 0 Å². The molecule has 0 unspecified atom stereocenters. The summed E-state index contributed by atoms with van der Waals surface area (Å²) in [7, 11) is -3.61. The van der Waals surface area contributed by atoms with E-state index in [-0.39, 0.29) is 25.0 Å². The number of anilines is 2. The molecule has 2 heterocycles. The van der Waals surface area contributed by atoms with Gasteiger partial charge in [-0.1, -0.05) is 24.3 Å². The van der Waals surface area contributed by atoms with E-state index >= 15 is 0 Å². The van der Waals surface area contributed by atoms with Crippen LogP contribution in [-0.2, 0) is 16.8 Å². The fourth-order valence-corrected chi connectivity index (χ4v) is 5.80. The van der Waals surface area contributed by atoms with E-state index in [1.807, 2.05) is 47.2 Å². The van der Waals surface area contributed by atoms with Gasteiger partial charge in [-0.2, -0.15) is 8.42 Å². The van der Waals surface area contributed by atoms with Crippen LogP contribution in [0, 0.1) is 0 Å². The standard InChI is InChI=1S/C22H23N5O3S/c28-22(18-7-5-17(6-8-18)15-25-13-11-23-16-25)24-12-14-26-20-3-1-2-4-21(20)27(19-9-10-19)31(26,29)30/h1-8,11,13,16,19H,9-10,12,14-15H2,(H,24,28). The van der Waals surface area contributed by atoms with Crippen LogP contribution in [0.15, 0.2) is 67.3 Å². The number of benzene rings is 2. The number of para-hydroxylation sites is 2. The summed E-state index contributed by atoms with van der Waals surface area (Å²) >= 11 is 0. The van der Waals surface area contributed by atoms with Crippen LogP contribution in [-0.4, -0.2) is 43.0 Å². The lowest BCUT2D eigenvalue weighted by Gasteiger charge is -2.21. The third kappa shape index (κ3) is 3.76. The number of rotatable bonds is 7. The largest absolute Gasteiger partial charge is 0.350 e. The van der Waals surface area contributed by atoms with E-state index in [9.17, 15) is 13.2 Å². The molecule has 0 spiro atoms. The first-order chi connectivity index (χ1) is 15.0. The van der Waals surface area contributed by atoms with Gasteiger partial charge in [0.05, 0.1) is 24.2 Å². The van der Waals surface area contributed by atoms with Crippen molar-refractivity contribution in [3.63, 3.8) is 0 Å². The minimum absolute atomic E-state index is 0.0478. The molecule has 1 aliphatic carbocycles. The lowest BCUT2D eigenvalue weighted by atomic mass is 10.1. The fraction of sp³-hybridized carbons (Fsp3) is 0.273. The summed E-state index contributed by atoms with van der Waals surface area (Å²) in [4.78, 5) is 16.6. The molecule has 31 heavy (non-hydrogen) atoms. The molecular formula is C22H23N5O3S. The van der Waals surface area contributed by atoms with Crippen LogP contribution in [0.3, 0.4) is 0 Å². The molecule has 0 radical (unpaired) electrons. The number of carbonyl (C=O) groups excluding carboxylic acids is 1. The molecule has 1 N–H and O–H groups in total. The number of hydrogen-bond donors (Lipinski definition) is 1. The van der Waals surface area contributed by atoms with Crippen molar-refractivity contribution in [1.29, 1.82) is 0 Å². The molecule has 0 bridgehead atoms. The Balaban J connectivity index is 1.22. The highest BCUT2D eigenvalue weighted by molar-refractivity contribution is 7.94. The first-order valence-corrected chi connectivity index (χ1v) is 11.7. The Bertz CT molecular complexity index is 1190. The van der Waals surface area contributed by atoms with Gasteiger partial charge in [-0.3, -0.25) is 4.79 Å². The topological polar surface area (TPSA) is 87.5 Å². The summed E-state index contributed by atoms with van der Waals surface area (Å²) in [6.45, 7) is 1.10. The maximum absolute atomic E-state index is 13.1. The molecule has 2 aliphatic rings. The number of aromatic nitrogens is 2. The smallest absolute Gasteiger partial charge is 0.326 e. The minimum Gasteiger partial charge on any atom is -0.350 e. The molecule has 1 fully saturated rings. The second-order valence-electron chi connectivity index (χ2n) is 7.78. The zero-order valence-corrected chi connectivity index (χ0v) is 17.7. The summed E-state index contributed by atoms with van der Waals surface area (Å²) in [6.07, 6.45) is 7.12. The number of carbonyl (C=O) groups is 1. The van der Waals surface area contributed by atoms with Crippen LogP contribution < -0.4 is 13.9 Å². The van der Waals surface area contributed by atoms with Crippen molar-refractivity contribution in [3.8, 4) is 0 Å². The van der Waals surface area contributed by atoms with Crippen molar-refractivity contribution in [2.75, 3.05) is 21.7 Å². The third-order valence-corrected chi connectivity index (χ3v) is 7.46. The molecule has 0 atom stereocenters. The molecule has 1 aromatic heterocycles. The maximum Gasteiger partial charge on any atom is 0.326 e. The Morgan fingerprint density at radius 3 is 2.48 bits per heavy atom. The summed E-state index contributed by atoms with van der Waals surface area (Å²) < 4.78 is 31.0. The zero-order chi connectivity index (χ0) is 21.4. The van der Waals surface area contributed by atoms with E-state index in [2.05, 4.69) is 10.3 Å². The van der Waals surface area contributed by atoms with Crippen molar-refractivity contribution in [2.24, 2.45) is 0 Å². The summed E-state index contributed by atoms with van der Waals surface area (Å²) in [6, 6.07) is 14.8. The highest BCUT2D eigenvalue weighted by Crippen LogP contribution is 2.46. The quantitative estimate of drug-likeness (QED) is 0.615. The second kappa shape index (κ2) is 7.73. The number of fused-ring (bicyclic) bond motifs is 1. The Hall–Kier alpha value is -3.33. The Morgan fingerprint density at radius 1 is 1.06 bits per heavy atom. The van der Waals surface area contributed by atoms with Crippen molar-refractivity contribution in [3.05, 3.63) is 78.4 Å². The zero-order valence-electron chi connectivity index (χ0n) is 16.9. The number of nitrogens with one attached hydrogen (secondary N) is 1. The van der Waals surface area contributed by atoms with Gasteiger partial charge in [0, 0.05) is 37.1 Å². The average Bonchev–Trinajstić information content (AvgIpc) is 3.40. The predicted octanol–water partition coefficient (Wildman–Crippen LogP) is 2.40.